The van der Waals surface area contributed by atoms with Crippen molar-refractivity contribution in [2.24, 2.45) is 0 Å². The molecule has 6 nitrogen and oxygen atoms in total. The van der Waals surface area contributed by atoms with Gasteiger partial charge in [0.05, 0.1) is 6.57 Å². The van der Waals surface area contributed by atoms with Crippen LogP contribution >= 0.6 is 0 Å². The Morgan fingerprint density at radius 2 is 1.55 bits per heavy atom. The normalized spacial score (nSPS) is 10.7. The Bertz CT molecular complexity index is 1420. The van der Waals surface area contributed by atoms with E-state index in [9.17, 15) is 0 Å². The largest absolute Gasteiger partial charge is 0.457 e. The minimum atomic E-state index is 0.407. The number of aromatic nitrogens is 3. The Morgan fingerprint density at radius 3 is 2.29 bits per heavy atom. The first-order valence-electron chi connectivity index (χ1n) is 9.67. The monoisotopic (exact) mass is 403 g/mol. The van der Waals surface area contributed by atoms with Gasteiger partial charge in [0.25, 0.3) is 5.69 Å². The summed E-state index contributed by atoms with van der Waals surface area (Å²) in [4.78, 5) is 8.19. The molecule has 0 fully saturated rings. The molecule has 0 saturated heterocycles. The number of nitrogen functional groups attached to an aromatic ring is 1. The van der Waals surface area contributed by atoms with E-state index in [1.165, 1.54) is 0 Å². The van der Waals surface area contributed by atoms with Crippen molar-refractivity contribution in [3.63, 3.8) is 0 Å². The molecule has 0 unspecified atom stereocenters. The van der Waals surface area contributed by atoms with Crippen LogP contribution in [0.3, 0.4) is 0 Å². The van der Waals surface area contributed by atoms with E-state index in [0.717, 1.165) is 22.4 Å². The van der Waals surface area contributed by atoms with Crippen LogP contribution < -0.4 is 10.5 Å². The second-order valence-electron chi connectivity index (χ2n) is 6.95. The second kappa shape index (κ2) is 7.65. The Balaban J connectivity index is 1.52. The first-order valence-corrected chi connectivity index (χ1v) is 9.67. The van der Waals surface area contributed by atoms with Crippen molar-refractivity contribution in [3.8, 4) is 33.9 Å². The van der Waals surface area contributed by atoms with Gasteiger partial charge >= 0.3 is 0 Å². The number of nitrogens with two attached hydrogens (primary N) is 1. The van der Waals surface area contributed by atoms with Gasteiger partial charge in [-0.15, -0.1) is 0 Å². The van der Waals surface area contributed by atoms with E-state index >= 15 is 0 Å². The van der Waals surface area contributed by atoms with Crippen molar-refractivity contribution >= 4 is 17.0 Å². The lowest BCUT2D eigenvalue weighted by Crippen LogP contribution is -1.94. The molecule has 0 aliphatic carbocycles. The molecular weight excluding hydrogens is 386 g/mol. The average Bonchev–Trinajstić information content (AvgIpc) is 3.18. The van der Waals surface area contributed by atoms with E-state index < -0.39 is 0 Å². The number of hydrogen-bond donors (Lipinski definition) is 1. The van der Waals surface area contributed by atoms with Crippen LogP contribution in [0.2, 0.25) is 0 Å². The van der Waals surface area contributed by atoms with Crippen molar-refractivity contribution in [1.29, 1.82) is 0 Å². The summed E-state index contributed by atoms with van der Waals surface area (Å²) in [7, 11) is 0. The van der Waals surface area contributed by atoms with E-state index in [1.54, 1.807) is 10.7 Å². The minimum Gasteiger partial charge on any atom is -0.457 e. The summed E-state index contributed by atoms with van der Waals surface area (Å²) < 4.78 is 7.49. The number of fused-ring (bicyclic) bond motifs is 1. The molecule has 2 N–H and O–H groups in total. The van der Waals surface area contributed by atoms with E-state index in [0.29, 0.717) is 28.5 Å². The third-order valence-corrected chi connectivity index (χ3v) is 4.94. The van der Waals surface area contributed by atoms with Crippen LogP contribution in [-0.2, 0) is 0 Å². The van der Waals surface area contributed by atoms with Crippen molar-refractivity contribution in [2.75, 3.05) is 5.73 Å². The third-order valence-electron chi connectivity index (χ3n) is 4.94. The van der Waals surface area contributed by atoms with E-state index in [2.05, 4.69) is 14.9 Å². The van der Waals surface area contributed by atoms with Crippen LogP contribution in [0.5, 0.6) is 11.5 Å². The fourth-order valence-corrected chi connectivity index (χ4v) is 3.42. The standard InChI is InChI=1S/C25H17N5O/c1-27-24-23(17-11-13-20(14-12-17)31-19-7-3-2-4-8-19)29-30-16-18(15-28-25(24)30)21-9-5-6-10-22(21)26/h2-16H,26H2. The van der Waals surface area contributed by atoms with Crippen LogP contribution in [0.15, 0.2) is 91.3 Å². The highest BCUT2D eigenvalue weighted by atomic mass is 16.5. The van der Waals surface area contributed by atoms with E-state index in [-0.39, 0.29) is 0 Å². The van der Waals surface area contributed by atoms with Gasteiger partial charge in [0.1, 0.15) is 17.2 Å². The minimum absolute atomic E-state index is 0.407. The molecule has 31 heavy (non-hydrogen) atoms. The molecule has 0 aliphatic heterocycles. The van der Waals surface area contributed by atoms with Crippen molar-refractivity contribution in [1.82, 2.24) is 14.6 Å². The number of para-hydroxylation sites is 2. The molecule has 0 atom stereocenters. The molecular formula is C25H17N5O. The maximum absolute atomic E-state index is 7.66. The number of anilines is 1. The highest BCUT2D eigenvalue weighted by Gasteiger charge is 2.17. The van der Waals surface area contributed by atoms with Gasteiger partial charge in [0, 0.05) is 29.2 Å². The zero-order valence-electron chi connectivity index (χ0n) is 16.4. The van der Waals surface area contributed by atoms with Gasteiger partial charge in [-0.25, -0.2) is 14.3 Å². The van der Waals surface area contributed by atoms with Crippen molar-refractivity contribution < 1.29 is 4.74 Å². The van der Waals surface area contributed by atoms with Crippen LogP contribution in [0.4, 0.5) is 11.4 Å². The zero-order chi connectivity index (χ0) is 21.2. The molecule has 0 bridgehead atoms. The number of ether oxygens (including phenoxy) is 1. The lowest BCUT2D eigenvalue weighted by atomic mass is 10.1. The molecule has 3 aromatic carbocycles. The second-order valence-corrected chi connectivity index (χ2v) is 6.95. The molecule has 0 amide bonds. The van der Waals surface area contributed by atoms with Gasteiger partial charge in [-0.2, -0.15) is 5.10 Å². The smallest absolute Gasteiger partial charge is 0.258 e. The van der Waals surface area contributed by atoms with E-state index in [1.807, 2.05) is 85.1 Å². The Hall–Kier alpha value is -4.63. The first kappa shape index (κ1) is 18.4. The maximum Gasteiger partial charge on any atom is 0.258 e. The summed E-state index contributed by atoms with van der Waals surface area (Å²) in [6.07, 6.45) is 3.57. The SMILES string of the molecule is [C-]#[N+]c1c(-c2ccc(Oc3ccccc3)cc2)nn2cc(-c3ccccc3N)cnc12. The summed E-state index contributed by atoms with van der Waals surface area (Å²) >= 11 is 0. The van der Waals surface area contributed by atoms with Crippen LogP contribution in [0, 0.1) is 6.57 Å². The van der Waals surface area contributed by atoms with Crippen LogP contribution in [-0.4, -0.2) is 14.6 Å². The van der Waals surface area contributed by atoms with Crippen molar-refractivity contribution in [3.05, 3.63) is 103 Å². The van der Waals surface area contributed by atoms with Gasteiger partial charge in [-0.3, -0.25) is 0 Å². The maximum atomic E-state index is 7.66. The summed E-state index contributed by atoms with van der Waals surface area (Å²) in [5.74, 6) is 1.48. The Kier molecular flexibility index (Phi) is 4.54. The first-order chi connectivity index (χ1) is 15.2. The van der Waals surface area contributed by atoms with Gasteiger partial charge in [0.2, 0.25) is 0 Å². The fourth-order valence-electron chi connectivity index (χ4n) is 3.42. The lowest BCUT2D eigenvalue weighted by molar-refractivity contribution is 0.483. The summed E-state index contributed by atoms with van der Waals surface area (Å²) in [5, 5.41) is 4.64. The lowest BCUT2D eigenvalue weighted by Gasteiger charge is -2.06. The van der Waals surface area contributed by atoms with Crippen LogP contribution in [0.25, 0.3) is 32.9 Å². The number of hydrogen-bond acceptors (Lipinski definition) is 4. The molecule has 5 aromatic rings. The molecule has 0 radical (unpaired) electrons. The number of benzene rings is 3. The number of rotatable bonds is 4. The Labute approximate surface area is 179 Å². The topological polar surface area (TPSA) is 69.8 Å². The number of nitrogens with zero attached hydrogens (tertiary/aromatic N) is 4. The summed E-state index contributed by atoms with van der Waals surface area (Å²) in [6, 6.07) is 24.7. The molecule has 0 aliphatic rings. The molecule has 5 rings (SSSR count). The molecule has 148 valence electrons. The predicted octanol–water partition coefficient (Wildman–Crippen LogP) is 5.99. The van der Waals surface area contributed by atoms with E-state index in [4.69, 9.17) is 17.0 Å². The highest BCUT2D eigenvalue weighted by molar-refractivity contribution is 5.86. The van der Waals surface area contributed by atoms with Gasteiger partial charge in [-0.05, 0) is 35.9 Å². The quantitative estimate of drug-likeness (QED) is 0.296. The fraction of sp³-hybridized carbons (Fsp3) is 0. The van der Waals surface area contributed by atoms with Gasteiger partial charge in [0.15, 0.2) is 5.65 Å². The van der Waals surface area contributed by atoms with Crippen molar-refractivity contribution in [2.45, 2.75) is 0 Å². The zero-order valence-corrected chi connectivity index (χ0v) is 16.4. The predicted molar refractivity (Wildman–Crippen MR) is 121 cm³/mol. The molecule has 0 saturated carbocycles. The summed E-state index contributed by atoms with van der Waals surface area (Å²) in [5.41, 5.74) is 10.8. The summed E-state index contributed by atoms with van der Waals surface area (Å²) in [6.45, 7) is 7.66. The average molecular weight is 403 g/mol. The molecule has 2 aromatic heterocycles. The van der Waals surface area contributed by atoms with Gasteiger partial charge in [-0.1, -0.05) is 48.5 Å². The highest BCUT2D eigenvalue weighted by Crippen LogP contribution is 2.35. The third kappa shape index (κ3) is 3.45. The van der Waals surface area contributed by atoms with Crippen LogP contribution in [0.1, 0.15) is 0 Å². The molecule has 0 spiro atoms. The molecule has 2 heterocycles. The van der Waals surface area contributed by atoms with Gasteiger partial charge < -0.3 is 10.5 Å². The molecule has 6 heteroatoms. The Morgan fingerprint density at radius 1 is 0.839 bits per heavy atom.